The summed E-state index contributed by atoms with van der Waals surface area (Å²) in [6, 6.07) is 5.25. The van der Waals surface area contributed by atoms with Crippen LogP contribution < -0.4 is 5.73 Å². The van der Waals surface area contributed by atoms with Crippen LogP contribution >= 0.6 is 0 Å². The van der Waals surface area contributed by atoms with E-state index in [4.69, 9.17) is 5.73 Å². The fourth-order valence-electron chi connectivity index (χ4n) is 1.86. The third kappa shape index (κ3) is 2.99. The summed E-state index contributed by atoms with van der Waals surface area (Å²) in [5, 5.41) is 0. The minimum atomic E-state index is -3.49. The van der Waals surface area contributed by atoms with Gasteiger partial charge in [0, 0.05) is 19.1 Å². The molecule has 19 heavy (non-hydrogen) atoms. The van der Waals surface area contributed by atoms with E-state index in [1.165, 1.54) is 4.31 Å². The summed E-state index contributed by atoms with van der Waals surface area (Å²) in [4.78, 5) is 0.347. The molecule has 1 aromatic carbocycles. The van der Waals surface area contributed by atoms with Crippen LogP contribution in [0.3, 0.4) is 0 Å². The van der Waals surface area contributed by atoms with E-state index in [-0.39, 0.29) is 0 Å². The second-order valence-electron chi connectivity index (χ2n) is 5.38. The Labute approximate surface area is 116 Å². The monoisotopic (exact) mass is 284 g/mol. The Hall–Kier alpha value is -0.910. The number of hydrogen-bond donors (Lipinski definition) is 1. The van der Waals surface area contributed by atoms with Gasteiger partial charge in [-0.05, 0) is 44.4 Å². The minimum Gasteiger partial charge on any atom is -0.326 e. The maximum absolute atomic E-state index is 12.7. The second kappa shape index (κ2) is 5.61. The van der Waals surface area contributed by atoms with E-state index in [1.54, 1.807) is 19.2 Å². The van der Waals surface area contributed by atoms with Crippen molar-refractivity contribution in [3.05, 3.63) is 29.3 Å². The minimum absolute atomic E-state index is 0.343. The third-order valence-electron chi connectivity index (χ3n) is 3.97. The molecule has 0 atom stereocenters. The smallest absolute Gasteiger partial charge is 0.243 e. The molecule has 0 saturated carbocycles. The highest BCUT2D eigenvalue weighted by Crippen LogP contribution is 2.28. The maximum atomic E-state index is 12.7. The van der Waals surface area contributed by atoms with Gasteiger partial charge in [-0.15, -0.1) is 0 Å². The molecule has 0 aliphatic heterocycles. The van der Waals surface area contributed by atoms with E-state index in [0.29, 0.717) is 11.4 Å². The quantitative estimate of drug-likeness (QED) is 0.902. The van der Waals surface area contributed by atoms with E-state index < -0.39 is 15.6 Å². The fourth-order valence-corrected chi connectivity index (χ4v) is 3.70. The molecule has 0 saturated heterocycles. The van der Waals surface area contributed by atoms with E-state index in [2.05, 4.69) is 0 Å². The molecule has 0 spiro atoms. The molecular formula is C14H24N2O2S. The van der Waals surface area contributed by atoms with Gasteiger partial charge in [-0.3, -0.25) is 0 Å². The van der Waals surface area contributed by atoms with Crippen LogP contribution in [0.2, 0.25) is 0 Å². The zero-order valence-corrected chi connectivity index (χ0v) is 13.2. The van der Waals surface area contributed by atoms with Crippen LogP contribution in [0.25, 0.3) is 0 Å². The lowest BCUT2D eigenvalue weighted by Crippen LogP contribution is -2.44. The first-order chi connectivity index (χ1) is 8.68. The summed E-state index contributed by atoms with van der Waals surface area (Å²) >= 11 is 0. The molecule has 0 aromatic heterocycles. The molecular weight excluding hydrogens is 260 g/mol. The predicted molar refractivity (Wildman–Crippen MR) is 78.4 cm³/mol. The first kappa shape index (κ1) is 16.1. The number of rotatable bonds is 5. The van der Waals surface area contributed by atoms with Crippen molar-refractivity contribution in [3.63, 3.8) is 0 Å². The SMILES string of the molecule is CCC(C)(C)N(C)S(=O)(=O)c1cccc(CN)c1C. The highest BCUT2D eigenvalue weighted by atomic mass is 32.2. The van der Waals surface area contributed by atoms with Crippen LogP contribution in [0, 0.1) is 6.92 Å². The molecule has 4 nitrogen and oxygen atoms in total. The van der Waals surface area contributed by atoms with E-state index in [1.807, 2.05) is 33.8 Å². The zero-order valence-electron chi connectivity index (χ0n) is 12.4. The Morgan fingerprint density at radius 1 is 1.32 bits per heavy atom. The Morgan fingerprint density at radius 2 is 1.89 bits per heavy atom. The molecule has 1 rings (SSSR count). The summed E-state index contributed by atoms with van der Waals surface area (Å²) in [5.41, 5.74) is 6.83. The molecule has 0 aliphatic rings. The molecule has 5 heteroatoms. The number of nitrogens with zero attached hydrogens (tertiary/aromatic N) is 1. The van der Waals surface area contributed by atoms with Crippen LogP contribution in [-0.4, -0.2) is 25.3 Å². The van der Waals surface area contributed by atoms with E-state index in [0.717, 1.165) is 17.5 Å². The highest BCUT2D eigenvalue weighted by molar-refractivity contribution is 7.89. The summed E-state index contributed by atoms with van der Waals surface area (Å²) in [6.07, 6.45) is 0.748. The largest absolute Gasteiger partial charge is 0.326 e. The van der Waals surface area contributed by atoms with Gasteiger partial charge in [0.2, 0.25) is 10.0 Å². The van der Waals surface area contributed by atoms with Gasteiger partial charge < -0.3 is 5.73 Å². The lowest BCUT2D eigenvalue weighted by Gasteiger charge is -2.34. The maximum Gasteiger partial charge on any atom is 0.243 e. The van der Waals surface area contributed by atoms with Crippen LogP contribution in [0.15, 0.2) is 23.1 Å². The van der Waals surface area contributed by atoms with Gasteiger partial charge in [-0.2, -0.15) is 4.31 Å². The van der Waals surface area contributed by atoms with Crippen molar-refractivity contribution in [2.45, 2.75) is 51.1 Å². The molecule has 108 valence electrons. The van der Waals surface area contributed by atoms with Crippen molar-refractivity contribution in [2.75, 3.05) is 7.05 Å². The number of benzene rings is 1. The first-order valence-corrected chi connectivity index (χ1v) is 7.90. The van der Waals surface area contributed by atoms with Crippen LogP contribution in [-0.2, 0) is 16.6 Å². The van der Waals surface area contributed by atoms with Gasteiger partial charge >= 0.3 is 0 Å². The van der Waals surface area contributed by atoms with E-state index in [9.17, 15) is 8.42 Å². The van der Waals surface area contributed by atoms with Crippen LogP contribution in [0.1, 0.15) is 38.3 Å². The van der Waals surface area contributed by atoms with Crippen molar-refractivity contribution in [1.29, 1.82) is 0 Å². The summed E-state index contributed by atoms with van der Waals surface area (Å²) in [6.45, 7) is 7.98. The van der Waals surface area contributed by atoms with Gasteiger partial charge in [-0.1, -0.05) is 19.1 Å². The van der Waals surface area contributed by atoms with Crippen molar-refractivity contribution in [1.82, 2.24) is 4.31 Å². The lowest BCUT2D eigenvalue weighted by molar-refractivity contribution is 0.257. The lowest BCUT2D eigenvalue weighted by atomic mass is 10.0. The topological polar surface area (TPSA) is 63.4 Å². The highest BCUT2D eigenvalue weighted by Gasteiger charge is 2.33. The van der Waals surface area contributed by atoms with Gasteiger partial charge in [0.05, 0.1) is 4.90 Å². The normalized spacial score (nSPS) is 13.0. The summed E-state index contributed by atoms with van der Waals surface area (Å²) < 4.78 is 26.9. The fraction of sp³-hybridized carbons (Fsp3) is 0.571. The Balaban J connectivity index is 3.37. The molecule has 0 unspecified atom stereocenters. The zero-order chi connectivity index (χ0) is 14.8. The Kier molecular flexibility index (Phi) is 4.76. The van der Waals surface area contributed by atoms with Crippen LogP contribution in [0.4, 0.5) is 0 Å². The average Bonchev–Trinajstić information content (AvgIpc) is 2.37. The van der Waals surface area contributed by atoms with Crippen LogP contribution in [0.5, 0.6) is 0 Å². The summed E-state index contributed by atoms with van der Waals surface area (Å²) in [5.74, 6) is 0. The average molecular weight is 284 g/mol. The van der Waals surface area contributed by atoms with Crippen molar-refractivity contribution >= 4 is 10.0 Å². The molecule has 0 amide bonds. The third-order valence-corrected chi connectivity index (χ3v) is 6.19. The standard InChI is InChI=1S/C14H24N2O2S/c1-6-14(3,4)16(5)19(17,18)13-9-7-8-12(10-15)11(13)2/h7-9H,6,10,15H2,1-5H3. The second-order valence-corrected chi connectivity index (χ2v) is 7.32. The predicted octanol–water partition coefficient (Wildman–Crippen LogP) is 2.26. The number of hydrogen-bond acceptors (Lipinski definition) is 3. The first-order valence-electron chi connectivity index (χ1n) is 6.46. The Bertz CT molecular complexity index is 551. The molecule has 0 radical (unpaired) electrons. The van der Waals surface area contributed by atoms with Gasteiger partial charge in [0.25, 0.3) is 0 Å². The van der Waals surface area contributed by atoms with Crippen molar-refractivity contribution < 1.29 is 8.42 Å². The van der Waals surface area contributed by atoms with Crippen molar-refractivity contribution in [3.8, 4) is 0 Å². The molecule has 0 bridgehead atoms. The number of nitrogens with two attached hydrogens (primary N) is 1. The van der Waals surface area contributed by atoms with Crippen molar-refractivity contribution in [2.24, 2.45) is 5.73 Å². The molecule has 1 aromatic rings. The van der Waals surface area contributed by atoms with E-state index >= 15 is 0 Å². The molecule has 0 aliphatic carbocycles. The molecule has 2 N–H and O–H groups in total. The molecule has 0 fully saturated rings. The van der Waals surface area contributed by atoms with Gasteiger partial charge in [0.1, 0.15) is 0 Å². The van der Waals surface area contributed by atoms with Gasteiger partial charge in [-0.25, -0.2) is 8.42 Å². The summed E-state index contributed by atoms with van der Waals surface area (Å²) in [7, 11) is -1.86. The Morgan fingerprint density at radius 3 is 2.37 bits per heavy atom. The number of sulfonamides is 1. The molecule has 0 heterocycles. The van der Waals surface area contributed by atoms with Gasteiger partial charge in [0.15, 0.2) is 0 Å².